The molecule has 0 bridgehead atoms. The molecule has 0 unspecified atom stereocenters. The summed E-state index contributed by atoms with van der Waals surface area (Å²) in [5.41, 5.74) is 6.71. The fourth-order valence-corrected chi connectivity index (χ4v) is 1.15. The third-order valence-electron chi connectivity index (χ3n) is 1.70. The lowest BCUT2D eigenvalue weighted by Crippen LogP contribution is -2.04. The maximum Gasteiger partial charge on any atom is 0.137 e. The fourth-order valence-electron chi connectivity index (χ4n) is 0.960. The van der Waals surface area contributed by atoms with Gasteiger partial charge in [0.15, 0.2) is 0 Å². The van der Waals surface area contributed by atoms with E-state index in [0.717, 1.165) is 5.56 Å². The van der Waals surface area contributed by atoms with E-state index in [4.69, 9.17) is 22.1 Å². The van der Waals surface area contributed by atoms with E-state index in [-0.39, 0.29) is 6.04 Å². The van der Waals surface area contributed by atoms with Gasteiger partial charge < -0.3 is 10.5 Å². The second-order valence-electron chi connectivity index (χ2n) is 2.68. The van der Waals surface area contributed by atoms with Crippen LogP contribution in [0.15, 0.2) is 18.2 Å². The number of benzene rings is 1. The highest BCUT2D eigenvalue weighted by atomic mass is 35.5. The average molecular weight is 186 g/mol. The molecule has 0 aliphatic heterocycles. The quantitative estimate of drug-likeness (QED) is 0.768. The van der Waals surface area contributed by atoms with Gasteiger partial charge in [-0.15, -0.1) is 0 Å². The van der Waals surface area contributed by atoms with E-state index < -0.39 is 0 Å². The summed E-state index contributed by atoms with van der Waals surface area (Å²) >= 11 is 5.84. The first kappa shape index (κ1) is 9.36. The first-order valence-corrected chi connectivity index (χ1v) is 4.12. The topological polar surface area (TPSA) is 35.2 Å². The van der Waals surface area contributed by atoms with Gasteiger partial charge in [-0.05, 0) is 24.6 Å². The van der Waals surface area contributed by atoms with Crippen LogP contribution in [0.4, 0.5) is 0 Å². The Hall–Kier alpha value is -0.730. The molecular weight excluding hydrogens is 174 g/mol. The summed E-state index contributed by atoms with van der Waals surface area (Å²) in [6, 6.07) is 5.55. The van der Waals surface area contributed by atoms with Gasteiger partial charge in [0.05, 0.1) is 12.1 Å². The van der Waals surface area contributed by atoms with Crippen molar-refractivity contribution in [3.63, 3.8) is 0 Å². The van der Waals surface area contributed by atoms with Crippen LogP contribution in [0.3, 0.4) is 0 Å². The highest BCUT2D eigenvalue weighted by molar-refractivity contribution is 6.32. The molecule has 2 N–H and O–H groups in total. The van der Waals surface area contributed by atoms with Crippen molar-refractivity contribution in [2.75, 3.05) is 7.11 Å². The SMILES string of the molecule is COc1cc([C@H](C)N)ccc1Cl. The number of halogens is 1. The van der Waals surface area contributed by atoms with Crippen LogP contribution in [0.25, 0.3) is 0 Å². The van der Waals surface area contributed by atoms with E-state index in [1.165, 1.54) is 0 Å². The predicted molar refractivity (Wildman–Crippen MR) is 50.6 cm³/mol. The molecule has 1 rings (SSSR count). The third kappa shape index (κ3) is 1.90. The number of hydrogen-bond acceptors (Lipinski definition) is 2. The molecule has 2 nitrogen and oxygen atoms in total. The lowest BCUT2D eigenvalue weighted by Gasteiger charge is -2.08. The van der Waals surface area contributed by atoms with Crippen molar-refractivity contribution in [3.8, 4) is 5.75 Å². The number of ether oxygens (including phenoxy) is 1. The van der Waals surface area contributed by atoms with E-state index in [2.05, 4.69) is 0 Å². The van der Waals surface area contributed by atoms with E-state index >= 15 is 0 Å². The maximum atomic E-state index is 5.84. The van der Waals surface area contributed by atoms with Crippen LogP contribution < -0.4 is 10.5 Å². The molecule has 0 fully saturated rings. The number of nitrogens with two attached hydrogens (primary N) is 1. The highest BCUT2D eigenvalue weighted by Crippen LogP contribution is 2.26. The van der Waals surface area contributed by atoms with Gasteiger partial charge in [0.1, 0.15) is 5.75 Å². The Kier molecular flexibility index (Phi) is 2.95. The van der Waals surface area contributed by atoms with E-state index in [9.17, 15) is 0 Å². The van der Waals surface area contributed by atoms with Crippen molar-refractivity contribution in [2.24, 2.45) is 5.73 Å². The van der Waals surface area contributed by atoms with Gasteiger partial charge in [0.25, 0.3) is 0 Å². The Balaban J connectivity index is 3.05. The first-order valence-electron chi connectivity index (χ1n) is 3.74. The second-order valence-corrected chi connectivity index (χ2v) is 3.09. The molecule has 0 saturated heterocycles. The highest BCUT2D eigenvalue weighted by Gasteiger charge is 2.04. The van der Waals surface area contributed by atoms with Crippen LogP contribution in [0.1, 0.15) is 18.5 Å². The van der Waals surface area contributed by atoms with Gasteiger partial charge in [0, 0.05) is 6.04 Å². The Morgan fingerprint density at radius 3 is 2.67 bits per heavy atom. The maximum absolute atomic E-state index is 5.84. The third-order valence-corrected chi connectivity index (χ3v) is 2.01. The van der Waals surface area contributed by atoms with Crippen LogP contribution in [-0.2, 0) is 0 Å². The number of methoxy groups -OCH3 is 1. The van der Waals surface area contributed by atoms with Crippen molar-refractivity contribution in [2.45, 2.75) is 13.0 Å². The second kappa shape index (κ2) is 3.78. The predicted octanol–water partition coefficient (Wildman–Crippen LogP) is 2.37. The molecule has 0 aliphatic carbocycles. The summed E-state index contributed by atoms with van der Waals surface area (Å²) in [6.07, 6.45) is 0. The molecular formula is C9H12ClNO. The summed E-state index contributed by atoms with van der Waals surface area (Å²) in [5.74, 6) is 0.673. The molecule has 0 saturated carbocycles. The lowest BCUT2D eigenvalue weighted by molar-refractivity contribution is 0.414. The molecule has 0 radical (unpaired) electrons. The van der Waals surface area contributed by atoms with Gasteiger partial charge in [0.2, 0.25) is 0 Å². The lowest BCUT2D eigenvalue weighted by atomic mass is 10.1. The Morgan fingerprint density at radius 2 is 2.17 bits per heavy atom. The molecule has 3 heteroatoms. The van der Waals surface area contributed by atoms with Crippen molar-refractivity contribution < 1.29 is 4.74 Å². The van der Waals surface area contributed by atoms with Crippen molar-refractivity contribution in [3.05, 3.63) is 28.8 Å². The van der Waals surface area contributed by atoms with E-state index in [0.29, 0.717) is 10.8 Å². The summed E-state index contributed by atoms with van der Waals surface area (Å²) in [6.45, 7) is 1.92. The standard InChI is InChI=1S/C9H12ClNO/c1-6(11)7-3-4-8(10)9(5-7)12-2/h3-6H,11H2,1-2H3/t6-/m0/s1. The summed E-state index contributed by atoms with van der Waals surface area (Å²) in [5, 5.41) is 0.613. The fraction of sp³-hybridized carbons (Fsp3) is 0.333. The van der Waals surface area contributed by atoms with Gasteiger partial charge in [-0.1, -0.05) is 17.7 Å². The zero-order valence-electron chi connectivity index (χ0n) is 7.17. The zero-order chi connectivity index (χ0) is 9.14. The van der Waals surface area contributed by atoms with Crippen molar-refractivity contribution >= 4 is 11.6 Å². The molecule has 1 atom stereocenters. The minimum atomic E-state index is 0.0103. The molecule has 0 spiro atoms. The molecule has 0 aromatic heterocycles. The largest absolute Gasteiger partial charge is 0.495 e. The average Bonchev–Trinajstić information content (AvgIpc) is 2.05. The van der Waals surface area contributed by atoms with E-state index in [1.807, 2.05) is 19.1 Å². The van der Waals surface area contributed by atoms with Crippen LogP contribution in [0, 0.1) is 0 Å². The Labute approximate surface area is 77.3 Å². The molecule has 0 heterocycles. The summed E-state index contributed by atoms with van der Waals surface area (Å²) in [7, 11) is 1.59. The Bertz CT molecular complexity index is 273. The van der Waals surface area contributed by atoms with E-state index in [1.54, 1.807) is 13.2 Å². The van der Waals surface area contributed by atoms with Gasteiger partial charge >= 0.3 is 0 Å². The van der Waals surface area contributed by atoms with Gasteiger partial charge in [-0.2, -0.15) is 0 Å². The molecule has 1 aromatic carbocycles. The molecule has 0 aliphatic rings. The van der Waals surface area contributed by atoms with Crippen LogP contribution >= 0.6 is 11.6 Å². The van der Waals surface area contributed by atoms with Crippen molar-refractivity contribution in [1.29, 1.82) is 0 Å². The van der Waals surface area contributed by atoms with Crippen LogP contribution in [0.2, 0.25) is 5.02 Å². The molecule has 12 heavy (non-hydrogen) atoms. The molecule has 66 valence electrons. The monoisotopic (exact) mass is 185 g/mol. The minimum Gasteiger partial charge on any atom is -0.495 e. The minimum absolute atomic E-state index is 0.0103. The van der Waals surface area contributed by atoms with Crippen molar-refractivity contribution in [1.82, 2.24) is 0 Å². The normalized spacial score (nSPS) is 12.7. The first-order chi connectivity index (χ1) is 5.65. The molecule has 1 aromatic rings. The smallest absolute Gasteiger partial charge is 0.137 e. The van der Waals surface area contributed by atoms with Crippen LogP contribution in [-0.4, -0.2) is 7.11 Å². The zero-order valence-corrected chi connectivity index (χ0v) is 7.93. The number of rotatable bonds is 2. The summed E-state index contributed by atoms with van der Waals surface area (Å²) < 4.78 is 5.05. The summed E-state index contributed by atoms with van der Waals surface area (Å²) in [4.78, 5) is 0. The van der Waals surface area contributed by atoms with Crippen LogP contribution in [0.5, 0.6) is 5.75 Å². The Morgan fingerprint density at radius 1 is 1.50 bits per heavy atom. The van der Waals surface area contributed by atoms with Gasteiger partial charge in [-0.25, -0.2) is 0 Å². The number of hydrogen-bond donors (Lipinski definition) is 1. The molecule has 0 amide bonds. The van der Waals surface area contributed by atoms with Gasteiger partial charge in [-0.3, -0.25) is 0 Å².